The summed E-state index contributed by atoms with van der Waals surface area (Å²) in [5, 5.41) is 3.74. The molecule has 1 aromatic rings. The predicted molar refractivity (Wildman–Crippen MR) is 113 cm³/mol. The van der Waals surface area contributed by atoms with E-state index in [0.29, 0.717) is 6.04 Å². The lowest BCUT2D eigenvalue weighted by Gasteiger charge is -2.33. The third kappa shape index (κ3) is 3.10. The van der Waals surface area contributed by atoms with Crippen molar-refractivity contribution < 1.29 is 0 Å². The molecule has 1 aromatic heterocycles. The van der Waals surface area contributed by atoms with Crippen LogP contribution in [-0.2, 0) is 0 Å². The normalized spacial score (nSPS) is 40.2. The van der Waals surface area contributed by atoms with Crippen LogP contribution >= 0.6 is 0 Å². The van der Waals surface area contributed by atoms with Gasteiger partial charge < -0.3 is 10.2 Å². The van der Waals surface area contributed by atoms with Gasteiger partial charge in [-0.25, -0.2) is 4.98 Å². The Morgan fingerprint density at radius 3 is 2.46 bits per heavy atom. The molecule has 5 nitrogen and oxygen atoms in total. The van der Waals surface area contributed by atoms with Crippen molar-refractivity contribution in [2.75, 3.05) is 36.4 Å². The van der Waals surface area contributed by atoms with Crippen LogP contribution in [0.1, 0.15) is 57.8 Å². The maximum atomic E-state index is 4.92. The van der Waals surface area contributed by atoms with Crippen LogP contribution in [0.5, 0.6) is 0 Å². The number of aromatic nitrogens is 2. The van der Waals surface area contributed by atoms with Gasteiger partial charge in [0.1, 0.15) is 5.82 Å². The fourth-order valence-corrected chi connectivity index (χ4v) is 7.21. The molecule has 4 unspecified atom stereocenters. The molecule has 3 heterocycles. The molecule has 7 rings (SSSR count). The molecule has 4 saturated carbocycles. The van der Waals surface area contributed by atoms with Crippen molar-refractivity contribution in [2.24, 2.45) is 23.7 Å². The molecule has 0 amide bonds. The second-order valence-corrected chi connectivity index (χ2v) is 10.1. The SMILES string of the molecule is c1cc(N2CCCCCC2)nc(NC2CCCCN(C3C4CC5C(C4)C53)C2)n1. The molecular formula is C23H35N5. The van der Waals surface area contributed by atoms with Gasteiger partial charge in [-0.3, -0.25) is 4.90 Å². The molecule has 2 saturated heterocycles. The molecule has 28 heavy (non-hydrogen) atoms. The molecule has 0 spiro atoms. The highest BCUT2D eigenvalue weighted by Gasteiger charge is 2.69. The Balaban J connectivity index is 1.13. The Hall–Kier alpha value is -1.36. The summed E-state index contributed by atoms with van der Waals surface area (Å²) >= 11 is 0. The number of likely N-dealkylation sites (tertiary alicyclic amines) is 1. The van der Waals surface area contributed by atoms with Crippen LogP contribution in [0.15, 0.2) is 12.3 Å². The van der Waals surface area contributed by atoms with Crippen molar-refractivity contribution in [3.63, 3.8) is 0 Å². The minimum atomic E-state index is 0.497. The molecule has 0 aromatic carbocycles. The lowest BCUT2D eigenvalue weighted by molar-refractivity contribution is 0.163. The maximum absolute atomic E-state index is 4.92. The van der Waals surface area contributed by atoms with E-state index in [1.54, 1.807) is 0 Å². The van der Waals surface area contributed by atoms with Gasteiger partial charge in [0.15, 0.2) is 0 Å². The zero-order valence-corrected chi connectivity index (χ0v) is 17.1. The summed E-state index contributed by atoms with van der Waals surface area (Å²) in [7, 11) is 0. The summed E-state index contributed by atoms with van der Waals surface area (Å²) < 4.78 is 0. The molecule has 2 aliphatic heterocycles. The fourth-order valence-electron chi connectivity index (χ4n) is 7.21. The van der Waals surface area contributed by atoms with Gasteiger partial charge in [0.2, 0.25) is 5.95 Å². The highest BCUT2D eigenvalue weighted by molar-refractivity contribution is 5.43. The Kier molecular flexibility index (Phi) is 4.47. The van der Waals surface area contributed by atoms with Crippen LogP contribution in [0, 0.1) is 23.7 Å². The molecule has 6 aliphatic rings. The van der Waals surface area contributed by atoms with Gasteiger partial charge in [0.05, 0.1) is 0 Å². The third-order valence-corrected chi connectivity index (χ3v) is 8.45. The number of nitrogens with one attached hydrogen (secondary N) is 1. The average Bonchev–Trinajstić information content (AvgIpc) is 3.04. The van der Waals surface area contributed by atoms with Crippen LogP contribution in [0.3, 0.4) is 0 Å². The highest BCUT2D eigenvalue weighted by atomic mass is 15.3. The quantitative estimate of drug-likeness (QED) is 0.860. The minimum absolute atomic E-state index is 0.497. The first-order valence-corrected chi connectivity index (χ1v) is 12.0. The molecule has 0 radical (unpaired) electrons. The van der Waals surface area contributed by atoms with Crippen LogP contribution in [0.2, 0.25) is 0 Å². The Bertz CT molecular complexity index is 686. The number of anilines is 2. The van der Waals surface area contributed by atoms with Crippen molar-refractivity contribution >= 4 is 11.8 Å². The first kappa shape index (κ1) is 17.5. The van der Waals surface area contributed by atoms with Crippen LogP contribution in [-0.4, -0.2) is 53.1 Å². The van der Waals surface area contributed by atoms with Gasteiger partial charge in [-0.1, -0.05) is 19.3 Å². The summed E-state index contributed by atoms with van der Waals surface area (Å²) in [6.45, 7) is 4.78. The van der Waals surface area contributed by atoms with E-state index in [-0.39, 0.29) is 0 Å². The Labute approximate surface area is 169 Å². The zero-order chi connectivity index (χ0) is 18.5. The van der Waals surface area contributed by atoms with E-state index >= 15 is 0 Å². The molecule has 4 aliphatic carbocycles. The standard InChI is InChI=1S/C23H35N5/c1-2-5-11-27(10-4-1)20-8-9-24-23(26-20)25-17-7-3-6-12-28(15-17)22-16-13-18-19(14-16)21(18)22/h8-9,16-19,21-22H,1-7,10-15H2,(H,24,25,26). The van der Waals surface area contributed by atoms with Gasteiger partial charge in [0, 0.05) is 37.9 Å². The predicted octanol–water partition coefficient (Wildman–Crippen LogP) is 3.78. The van der Waals surface area contributed by atoms with E-state index in [2.05, 4.69) is 26.2 Å². The highest BCUT2D eigenvalue weighted by Crippen LogP contribution is 2.71. The van der Waals surface area contributed by atoms with Gasteiger partial charge >= 0.3 is 0 Å². The lowest BCUT2D eigenvalue weighted by atomic mass is 10.0. The van der Waals surface area contributed by atoms with Crippen LogP contribution in [0.4, 0.5) is 11.8 Å². The summed E-state index contributed by atoms with van der Waals surface area (Å²) in [5.41, 5.74) is 0. The minimum Gasteiger partial charge on any atom is -0.356 e. The van der Waals surface area contributed by atoms with Crippen molar-refractivity contribution in [2.45, 2.75) is 69.9 Å². The van der Waals surface area contributed by atoms with E-state index < -0.39 is 0 Å². The first-order valence-electron chi connectivity index (χ1n) is 12.0. The van der Waals surface area contributed by atoms with Gasteiger partial charge in [-0.05, 0) is 74.8 Å². The lowest BCUT2D eigenvalue weighted by Crippen LogP contribution is -2.44. The van der Waals surface area contributed by atoms with Crippen LogP contribution in [0.25, 0.3) is 0 Å². The summed E-state index contributed by atoms with van der Waals surface area (Å²) in [6.07, 6.45) is 14.3. The van der Waals surface area contributed by atoms with Gasteiger partial charge in [0.25, 0.3) is 0 Å². The van der Waals surface area contributed by atoms with E-state index in [1.165, 1.54) is 70.9 Å². The molecule has 5 heteroatoms. The molecule has 6 fully saturated rings. The molecular weight excluding hydrogens is 346 g/mol. The molecule has 152 valence electrons. The van der Waals surface area contributed by atoms with E-state index in [0.717, 1.165) is 54.6 Å². The van der Waals surface area contributed by atoms with E-state index in [4.69, 9.17) is 4.98 Å². The largest absolute Gasteiger partial charge is 0.356 e. The maximum Gasteiger partial charge on any atom is 0.224 e. The molecule has 4 bridgehead atoms. The monoisotopic (exact) mass is 381 g/mol. The fraction of sp³-hybridized carbons (Fsp3) is 0.826. The van der Waals surface area contributed by atoms with Crippen LogP contribution < -0.4 is 10.2 Å². The molecule has 4 atom stereocenters. The smallest absolute Gasteiger partial charge is 0.224 e. The number of rotatable bonds is 4. The first-order chi connectivity index (χ1) is 13.9. The van der Waals surface area contributed by atoms with E-state index in [1.807, 2.05) is 6.20 Å². The van der Waals surface area contributed by atoms with Crippen molar-refractivity contribution in [3.05, 3.63) is 12.3 Å². The van der Waals surface area contributed by atoms with Crippen molar-refractivity contribution in [1.29, 1.82) is 0 Å². The summed E-state index contributed by atoms with van der Waals surface area (Å²) in [5.74, 6) is 6.25. The topological polar surface area (TPSA) is 44.3 Å². The second kappa shape index (κ2) is 7.16. The second-order valence-electron chi connectivity index (χ2n) is 10.1. The summed E-state index contributed by atoms with van der Waals surface area (Å²) in [4.78, 5) is 14.8. The third-order valence-electron chi connectivity index (χ3n) is 8.45. The molecule has 1 N–H and O–H groups in total. The zero-order valence-electron chi connectivity index (χ0n) is 17.1. The number of nitrogens with zero attached hydrogens (tertiary/aromatic N) is 4. The Morgan fingerprint density at radius 2 is 1.71 bits per heavy atom. The van der Waals surface area contributed by atoms with Gasteiger partial charge in [-0.2, -0.15) is 4.98 Å². The number of hydrogen-bond acceptors (Lipinski definition) is 5. The van der Waals surface area contributed by atoms with Gasteiger partial charge in [-0.15, -0.1) is 0 Å². The summed E-state index contributed by atoms with van der Waals surface area (Å²) in [6, 6.07) is 3.49. The Morgan fingerprint density at radius 1 is 0.929 bits per heavy atom. The van der Waals surface area contributed by atoms with E-state index in [9.17, 15) is 0 Å². The van der Waals surface area contributed by atoms with Crippen molar-refractivity contribution in [3.8, 4) is 0 Å². The van der Waals surface area contributed by atoms with Crippen molar-refractivity contribution in [1.82, 2.24) is 14.9 Å². The average molecular weight is 382 g/mol. The number of hydrogen-bond donors (Lipinski definition) is 1.